The number of amides is 2. The summed E-state index contributed by atoms with van der Waals surface area (Å²) in [6.07, 6.45) is 3.32. The maximum absolute atomic E-state index is 13.4. The zero-order valence-corrected chi connectivity index (χ0v) is 16.3. The lowest BCUT2D eigenvalue weighted by Gasteiger charge is -2.24. The van der Waals surface area contributed by atoms with Crippen molar-refractivity contribution in [3.63, 3.8) is 0 Å². The number of hydrogen-bond acceptors (Lipinski definition) is 5. The van der Waals surface area contributed by atoms with Crippen LogP contribution < -0.4 is 10.6 Å². The van der Waals surface area contributed by atoms with Crippen molar-refractivity contribution in [1.29, 1.82) is 0 Å². The van der Waals surface area contributed by atoms with E-state index in [1.807, 2.05) is 13.0 Å². The highest BCUT2D eigenvalue weighted by Gasteiger charge is 2.46. The minimum atomic E-state index is -4.66. The molecule has 148 valence electrons. The van der Waals surface area contributed by atoms with E-state index in [9.17, 15) is 18.3 Å². The number of phenolic OH excluding ortho intramolecular Hbond substituents is 1. The summed E-state index contributed by atoms with van der Waals surface area (Å²) in [4.78, 5) is 11.6. The number of hydrogen-bond donors (Lipinski definition) is 3. The van der Waals surface area contributed by atoms with Gasteiger partial charge in [0.1, 0.15) is 4.90 Å². The molecule has 0 aromatic heterocycles. The van der Waals surface area contributed by atoms with Crippen LogP contribution in [-0.4, -0.2) is 43.6 Å². The fraction of sp³-hybridized carbons (Fsp3) is 0.500. The van der Waals surface area contributed by atoms with Gasteiger partial charge >= 0.3 is 6.03 Å². The standard InChI is InChI=1S/C18H23ClN2O5S/c1-11-4-3-5-13(11)20-17(23)21-14-7-6-12(19)16(15(14)22)27(24,25)18(2)8-9-26-10-18/h4,6-7,13,22H,3,5,8-10H2,1-2H3,(H2,20,21,23)/t13-,18+/m1/s1/i2D3. The molecule has 3 N–H and O–H groups in total. The van der Waals surface area contributed by atoms with E-state index in [4.69, 9.17) is 20.5 Å². The number of anilines is 1. The maximum atomic E-state index is 13.4. The van der Waals surface area contributed by atoms with E-state index < -0.39 is 44.7 Å². The molecule has 3 rings (SSSR count). The number of nitrogens with one attached hydrogen (secondary N) is 2. The van der Waals surface area contributed by atoms with Gasteiger partial charge in [0.05, 0.1) is 28.1 Å². The van der Waals surface area contributed by atoms with Gasteiger partial charge in [0.15, 0.2) is 15.6 Å². The van der Waals surface area contributed by atoms with Crippen LogP contribution in [0.3, 0.4) is 0 Å². The van der Waals surface area contributed by atoms with Crippen LogP contribution in [0.25, 0.3) is 0 Å². The number of aromatic hydroxyl groups is 1. The molecule has 9 heteroatoms. The second-order valence-corrected chi connectivity index (χ2v) is 9.35. The number of carbonyl (C=O) groups is 1. The summed E-state index contributed by atoms with van der Waals surface area (Å²) in [5.74, 6) is -0.813. The van der Waals surface area contributed by atoms with Crippen molar-refractivity contribution in [2.24, 2.45) is 0 Å². The first-order valence-electron chi connectivity index (χ1n) is 9.99. The molecule has 0 saturated carbocycles. The van der Waals surface area contributed by atoms with E-state index in [-0.39, 0.29) is 29.8 Å². The Kier molecular flexibility index (Phi) is 4.40. The van der Waals surface area contributed by atoms with Crippen LogP contribution in [0.2, 0.25) is 5.02 Å². The van der Waals surface area contributed by atoms with Crippen LogP contribution in [0.4, 0.5) is 10.5 Å². The van der Waals surface area contributed by atoms with Crippen LogP contribution >= 0.6 is 11.6 Å². The number of ether oxygens (including phenoxy) is 1. The highest BCUT2D eigenvalue weighted by Crippen LogP contribution is 2.43. The van der Waals surface area contributed by atoms with Crippen molar-refractivity contribution in [1.82, 2.24) is 5.32 Å². The summed E-state index contributed by atoms with van der Waals surface area (Å²) in [7, 11) is -4.66. The summed E-state index contributed by atoms with van der Waals surface area (Å²) < 4.78 is 53.0. The minimum Gasteiger partial charge on any atom is -0.504 e. The topological polar surface area (TPSA) is 105 Å². The number of phenols is 1. The number of sulfone groups is 1. The first-order valence-corrected chi connectivity index (χ1v) is 10.3. The lowest BCUT2D eigenvalue weighted by Crippen LogP contribution is -2.37. The summed E-state index contributed by atoms with van der Waals surface area (Å²) in [5.41, 5.74) is 0.810. The van der Waals surface area contributed by atoms with Crippen LogP contribution in [0.15, 0.2) is 28.7 Å². The molecule has 1 heterocycles. The molecule has 1 aliphatic heterocycles. The molecule has 27 heavy (non-hydrogen) atoms. The van der Waals surface area contributed by atoms with Crippen molar-refractivity contribution >= 4 is 33.2 Å². The molecule has 0 unspecified atom stereocenters. The molecule has 2 aliphatic rings. The van der Waals surface area contributed by atoms with E-state index in [0.717, 1.165) is 18.4 Å². The predicted molar refractivity (Wildman–Crippen MR) is 103 cm³/mol. The third-order valence-electron chi connectivity index (χ3n) is 4.88. The van der Waals surface area contributed by atoms with Gasteiger partial charge in [-0.05, 0) is 45.2 Å². The van der Waals surface area contributed by atoms with E-state index in [1.165, 1.54) is 12.1 Å². The number of allylic oxidation sites excluding steroid dienone is 1. The number of benzene rings is 1. The Morgan fingerprint density at radius 3 is 2.85 bits per heavy atom. The number of rotatable bonds is 4. The first kappa shape index (κ1) is 16.2. The van der Waals surface area contributed by atoms with Gasteiger partial charge in [-0.15, -0.1) is 0 Å². The van der Waals surface area contributed by atoms with Gasteiger partial charge in [0.25, 0.3) is 0 Å². The first-order chi connectivity index (χ1) is 13.9. The molecule has 0 bridgehead atoms. The van der Waals surface area contributed by atoms with E-state index >= 15 is 0 Å². The molecule has 1 aliphatic carbocycles. The van der Waals surface area contributed by atoms with Crippen LogP contribution in [0.1, 0.15) is 37.2 Å². The van der Waals surface area contributed by atoms with Gasteiger partial charge in [-0.25, -0.2) is 13.2 Å². The molecule has 1 aromatic rings. The Bertz CT molecular complexity index is 988. The average Bonchev–Trinajstić information content (AvgIpc) is 3.28. The fourth-order valence-electron chi connectivity index (χ4n) is 3.21. The van der Waals surface area contributed by atoms with Crippen molar-refractivity contribution in [2.75, 3.05) is 18.5 Å². The monoisotopic (exact) mass is 417 g/mol. The maximum Gasteiger partial charge on any atom is 0.319 e. The Morgan fingerprint density at radius 2 is 2.26 bits per heavy atom. The Balaban J connectivity index is 1.96. The number of carbonyl (C=O) groups excluding carboxylic acids is 1. The summed E-state index contributed by atoms with van der Waals surface area (Å²) in [6, 6.07) is 1.65. The Labute approximate surface area is 167 Å². The third-order valence-corrected chi connectivity index (χ3v) is 7.61. The van der Waals surface area contributed by atoms with Crippen molar-refractivity contribution in [3.8, 4) is 5.75 Å². The Hall–Kier alpha value is -1.77. The highest BCUT2D eigenvalue weighted by molar-refractivity contribution is 7.93. The number of urea groups is 1. The lowest BCUT2D eigenvalue weighted by atomic mass is 10.1. The molecule has 2 atom stereocenters. The minimum absolute atomic E-state index is 0.0510. The van der Waals surface area contributed by atoms with E-state index in [1.54, 1.807) is 0 Å². The molecule has 0 radical (unpaired) electrons. The van der Waals surface area contributed by atoms with Gasteiger partial charge in [0.2, 0.25) is 0 Å². The molecule has 1 fully saturated rings. The molecular weight excluding hydrogens is 392 g/mol. The molecular formula is C18H23ClN2O5S. The van der Waals surface area contributed by atoms with Crippen LogP contribution in [0.5, 0.6) is 5.75 Å². The van der Waals surface area contributed by atoms with E-state index in [2.05, 4.69) is 10.6 Å². The second kappa shape index (κ2) is 7.33. The van der Waals surface area contributed by atoms with Gasteiger partial charge in [-0.1, -0.05) is 23.3 Å². The molecule has 7 nitrogen and oxygen atoms in total. The third kappa shape index (κ3) is 3.66. The Morgan fingerprint density at radius 1 is 1.48 bits per heavy atom. The molecule has 1 saturated heterocycles. The SMILES string of the molecule is [2H]C([2H])([2H])[C@]1(S(=O)(=O)c2c(Cl)ccc(NC(=O)N[C@@H]3CCC=C3C)c2O)CCOC1. The molecule has 1 aromatic carbocycles. The van der Waals surface area contributed by atoms with Gasteiger partial charge < -0.3 is 20.5 Å². The quantitative estimate of drug-likeness (QED) is 0.515. The lowest BCUT2D eigenvalue weighted by molar-refractivity contribution is 0.191. The molecule has 2 amide bonds. The molecule has 0 spiro atoms. The van der Waals surface area contributed by atoms with Crippen molar-refractivity contribution in [3.05, 3.63) is 28.8 Å². The zero-order chi connectivity index (χ0) is 22.3. The van der Waals surface area contributed by atoms with Gasteiger partial charge in [0, 0.05) is 10.7 Å². The average molecular weight is 418 g/mol. The normalized spacial score (nSPS) is 27.4. The zero-order valence-electron chi connectivity index (χ0n) is 17.7. The van der Waals surface area contributed by atoms with E-state index in [0.29, 0.717) is 0 Å². The van der Waals surface area contributed by atoms with Crippen LogP contribution in [0, 0.1) is 0 Å². The summed E-state index contributed by atoms with van der Waals surface area (Å²) in [5, 5.41) is 15.5. The highest BCUT2D eigenvalue weighted by atomic mass is 35.5. The summed E-state index contributed by atoms with van der Waals surface area (Å²) >= 11 is 6.07. The van der Waals surface area contributed by atoms with Crippen LogP contribution in [-0.2, 0) is 14.6 Å². The van der Waals surface area contributed by atoms with Crippen molar-refractivity contribution in [2.45, 2.75) is 48.7 Å². The van der Waals surface area contributed by atoms with Gasteiger partial charge in [-0.3, -0.25) is 0 Å². The number of halogens is 1. The summed E-state index contributed by atoms with van der Waals surface area (Å²) in [6.45, 7) is -1.62. The van der Waals surface area contributed by atoms with Crippen molar-refractivity contribution < 1.29 is 27.2 Å². The largest absolute Gasteiger partial charge is 0.504 e. The smallest absolute Gasteiger partial charge is 0.319 e. The fourth-order valence-corrected chi connectivity index (χ4v) is 5.33. The van der Waals surface area contributed by atoms with Gasteiger partial charge in [-0.2, -0.15) is 0 Å². The second-order valence-electron chi connectivity index (χ2n) is 6.75. The predicted octanol–water partition coefficient (Wildman–Crippen LogP) is 3.23.